The van der Waals surface area contributed by atoms with Gasteiger partial charge in [-0.15, -0.1) is 0 Å². The van der Waals surface area contributed by atoms with Crippen LogP contribution in [0.2, 0.25) is 0 Å². The van der Waals surface area contributed by atoms with Crippen molar-refractivity contribution in [1.82, 2.24) is 4.98 Å². The van der Waals surface area contributed by atoms with Crippen molar-refractivity contribution in [2.75, 3.05) is 0 Å². The Balaban J connectivity index is 2.88. The zero-order valence-corrected chi connectivity index (χ0v) is 8.29. The van der Waals surface area contributed by atoms with Crippen LogP contribution in [0.5, 0.6) is 0 Å². The molecule has 0 unspecified atom stereocenters. The van der Waals surface area contributed by atoms with Crippen LogP contribution in [-0.2, 0) is 0 Å². The van der Waals surface area contributed by atoms with E-state index in [1.807, 2.05) is 0 Å². The molecule has 2 aromatic rings. The van der Waals surface area contributed by atoms with Gasteiger partial charge in [0.2, 0.25) is 11.1 Å². The molecule has 0 amide bonds. The third kappa shape index (κ3) is 1.24. The first-order valence-corrected chi connectivity index (χ1v) is 4.43. The van der Waals surface area contributed by atoms with Crippen LogP contribution in [0.4, 0.5) is 0 Å². The quantitative estimate of drug-likeness (QED) is 0.813. The Morgan fingerprint density at radius 3 is 2.93 bits per heavy atom. The first-order chi connectivity index (χ1) is 6.59. The molecule has 0 atom stereocenters. The lowest BCUT2D eigenvalue weighted by atomic mass is 10.2. The summed E-state index contributed by atoms with van der Waals surface area (Å²) in [6.07, 6.45) is 1.11. The van der Waals surface area contributed by atoms with Crippen molar-refractivity contribution in [3.05, 3.63) is 32.7 Å². The predicted octanol–water partition coefficient (Wildman–Crippen LogP) is 1.58. The standard InChI is InChI=1S/C8H4BrNO4/c9-5-1-3-6(11)4(8(12)13)2-10-7(3)14-5/h1-2H,(H,10,11)(H,12,13). The summed E-state index contributed by atoms with van der Waals surface area (Å²) in [4.78, 5) is 24.7. The topological polar surface area (TPSA) is 83.3 Å². The highest BCUT2D eigenvalue weighted by atomic mass is 79.9. The van der Waals surface area contributed by atoms with Gasteiger partial charge < -0.3 is 14.5 Å². The number of aromatic amines is 1. The van der Waals surface area contributed by atoms with Crippen molar-refractivity contribution in [3.8, 4) is 0 Å². The summed E-state index contributed by atoms with van der Waals surface area (Å²) < 4.78 is 5.43. The van der Waals surface area contributed by atoms with Crippen molar-refractivity contribution in [2.24, 2.45) is 0 Å². The molecule has 0 aromatic carbocycles. The summed E-state index contributed by atoms with van der Waals surface area (Å²) in [7, 11) is 0. The Hall–Kier alpha value is -1.56. The van der Waals surface area contributed by atoms with E-state index in [0.29, 0.717) is 4.67 Å². The number of fused-ring (bicyclic) bond motifs is 1. The third-order valence-corrected chi connectivity index (χ3v) is 2.16. The number of pyridine rings is 1. The minimum Gasteiger partial charge on any atom is -0.477 e. The van der Waals surface area contributed by atoms with Crippen LogP contribution in [0.3, 0.4) is 0 Å². The monoisotopic (exact) mass is 257 g/mol. The molecule has 2 aromatic heterocycles. The van der Waals surface area contributed by atoms with Crippen molar-refractivity contribution < 1.29 is 14.3 Å². The van der Waals surface area contributed by atoms with E-state index < -0.39 is 11.4 Å². The Labute approximate surface area is 85.5 Å². The fraction of sp³-hybridized carbons (Fsp3) is 0. The summed E-state index contributed by atoms with van der Waals surface area (Å²) >= 11 is 3.05. The maximum Gasteiger partial charge on any atom is 0.341 e. The Morgan fingerprint density at radius 2 is 2.29 bits per heavy atom. The summed E-state index contributed by atoms with van der Waals surface area (Å²) in [6, 6.07) is 1.43. The molecule has 72 valence electrons. The van der Waals surface area contributed by atoms with Crippen molar-refractivity contribution >= 4 is 33.0 Å². The van der Waals surface area contributed by atoms with Gasteiger partial charge in [-0.2, -0.15) is 0 Å². The molecule has 0 aliphatic heterocycles. The fourth-order valence-electron chi connectivity index (χ4n) is 1.14. The highest BCUT2D eigenvalue weighted by Gasteiger charge is 2.13. The van der Waals surface area contributed by atoms with E-state index in [4.69, 9.17) is 9.52 Å². The van der Waals surface area contributed by atoms with Crippen molar-refractivity contribution in [1.29, 1.82) is 0 Å². The van der Waals surface area contributed by atoms with E-state index in [2.05, 4.69) is 20.9 Å². The zero-order chi connectivity index (χ0) is 10.3. The van der Waals surface area contributed by atoms with Gasteiger partial charge in [0, 0.05) is 12.3 Å². The number of rotatable bonds is 1. The second-order valence-electron chi connectivity index (χ2n) is 2.63. The lowest BCUT2D eigenvalue weighted by Gasteiger charge is -1.92. The summed E-state index contributed by atoms with van der Waals surface area (Å²) in [5.74, 6) is -1.26. The number of carboxylic acid groups (broad SMARTS) is 1. The Morgan fingerprint density at radius 1 is 1.57 bits per heavy atom. The molecule has 2 heterocycles. The molecule has 14 heavy (non-hydrogen) atoms. The molecule has 0 saturated heterocycles. The molecular formula is C8H4BrNO4. The number of nitrogens with one attached hydrogen (secondary N) is 1. The lowest BCUT2D eigenvalue weighted by Crippen LogP contribution is -2.14. The van der Waals surface area contributed by atoms with E-state index >= 15 is 0 Å². The van der Waals surface area contributed by atoms with Gasteiger partial charge >= 0.3 is 5.97 Å². The van der Waals surface area contributed by atoms with E-state index in [-0.39, 0.29) is 16.7 Å². The van der Waals surface area contributed by atoms with Gasteiger partial charge in [0.15, 0.2) is 4.67 Å². The lowest BCUT2D eigenvalue weighted by molar-refractivity contribution is 0.0695. The molecule has 2 N–H and O–H groups in total. The van der Waals surface area contributed by atoms with Gasteiger partial charge in [-0.3, -0.25) is 4.79 Å². The van der Waals surface area contributed by atoms with Gasteiger partial charge in [0.1, 0.15) is 5.56 Å². The molecular weight excluding hydrogens is 254 g/mol. The number of halogens is 1. The average Bonchev–Trinajstić information content (AvgIpc) is 2.46. The van der Waals surface area contributed by atoms with Gasteiger partial charge in [-0.05, 0) is 15.9 Å². The molecule has 0 saturated carbocycles. The van der Waals surface area contributed by atoms with Gasteiger partial charge in [0.25, 0.3) is 0 Å². The van der Waals surface area contributed by atoms with Crippen LogP contribution in [0.15, 0.2) is 26.1 Å². The number of hydrogen-bond acceptors (Lipinski definition) is 3. The Bertz CT molecular complexity index is 568. The van der Waals surface area contributed by atoms with Crippen molar-refractivity contribution in [3.63, 3.8) is 0 Å². The molecule has 2 rings (SSSR count). The largest absolute Gasteiger partial charge is 0.477 e. The van der Waals surface area contributed by atoms with Crippen LogP contribution < -0.4 is 5.43 Å². The normalized spacial score (nSPS) is 10.6. The number of hydrogen-bond donors (Lipinski definition) is 2. The third-order valence-electron chi connectivity index (χ3n) is 1.77. The molecule has 0 aliphatic carbocycles. The number of furan rings is 1. The van der Waals surface area contributed by atoms with Crippen LogP contribution in [0.1, 0.15) is 10.4 Å². The fourth-order valence-corrected chi connectivity index (χ4v) is 1.53. The van der Waals surface area contributed by atoms with E-state index in [9.17, 15) is 9.59 Å². The summed E-state index contributed by atoms with van der Waals surface area (Å²) in [6.45, 7) is 0. The van der Waals surface area contributed by atoms with Crippen molar-refractivity contribution in [2.45, 2.75) is 0 Å². The van der Waals surface area contributed by atoms with Crippen LogP contribution in [0.25, 0.3) is 11.1 Å². The minimum absolute atomic E-state index is 0.219. The van der Waals surface area contributed by atoms with E-state index in [1.165, 1.54) is 6.07 Å². The van der Waals surface area contributed by atoms with E-state index in [1.54, 1.807) is 0 Å². The average molecular weight is 258 g/mol. The smallest absolute Gasteiger partial charge is 0.341 e. The highest BCUT2D eigenvalue weighted by molar-refractivity contribution is 9.10. The maximum atomic E-state index is 11.5. The number of carboxylic acids is 1. The first-order valence-electron chi connectivity index (χ1n) is 3.63. The molecule has 0 spiro atoms. The van der Waals surface area contributed by atoms with Crippen LogP contribution >= 0.6 is 15.9 Å². The van der Waals surface area contributed by atoms with Crippen LogP contribution in [0, 0.1) is 0 Å². The SMILES string of the molecule is O=C(O)c1c[nH]c2oc(Br)cc2c1=O. The van der Waals surface area contributed by atoms with Crippen LogP contribution in [-0.4, -0.2) is 16.1 Å². The maximum absolute atomic E-state index is 11.5. The van der Waals surface area contributed by atoms with Gasteiger partial charge in [0.05, 0.1) is 5.39 Å². The number of carbonyl (C=O) groups is 1. The highest BCUT2D eigenvalue weighted by Crippen LogP contribution is 2.18. The molecule has 0 radical (unpaired) electrons. The molecule has 0 fully saturated rings. The van der Waals surface area contributed by atoms with Gasteiger partial charge in [-0.25, -0.2) is 4.79 Å². The number of H-pyrrole nitrogens is 1. The second-order valence-corrected chi connectivity index (χ2v) is 3.41. The predicted molar refractivity (Wildman–Crippen MR) is 51.5 cm³/mol. The zero-order valence-electron chi connectivity index (χ0n) is 6.70. The Kier molecular flexibility index (Phi) is 1.92. The summed E-state index contributed by atoms with van der Waals surface area (Å²) in [5, 5.41) is 8.89. The van der Waals surface area contributed by atoms with Gasteiger partial charge in [-0.1, -0.05) is 0 Å². The summed E-state index contributed by atoms with van der Waals surface area (Å²) in [5.41, 5.74) is -0.599. The molecule has 6 heteroatoms. The second kappa shape index (κ2) is 2.98. The molecule has 0 bridgehead atoms. The molecule has 0 aliphatic rings. The minimum atomic E-state index is -1.26. The molecule has 5 nitrogen and oxygen atoms in total. The number of aromatic nitrogens is 1. The van der Waals surface area contributed by atoms with E-state index in [0.717, 1.165) is 6.20 Å². The first kappa shape index (κ1) is 9.01. The number of aromatic carboxylic acids is 1.